The molecule has 0 radical (unpaired) electrons. The van der Waals surface area contributed by atoms with Crippen molar-refractivity contribution in [1.82, 2.24) is 0 Å². The van der Waals surface area contributed by atoms with Gasteiger partial charge in [-0.2, -0.15) is 0 Å². The van der Waals surface area contributed by atoms with Crippen molar-refractivity contribution in [2.24, 2.45) is 35.5 Å². The average molecular weight is 1020 g/mol. The average Bonchev–Trinajstić information content (AvgIpc) is 3.24. The molecule has 3 rings (SSSR count). The summed E-state index contributed by atoms with van der Waals surface area (Å²) in [6.07, 6.45) is -3.41. The lowest BCUT2D eigenvalue weighted by atomic mass is 9.80. The Hall–Kier alpha value is -3.10. The first-order valence-corrected chi connectivity index (χ1v) is 26.1. The number of rotatable bonds is 3. The molecule has 16 nitrogen and oxygen atoms in total. The zero-order chi connectivity index (χ0) is 54.5. The van der Waals surface area contributed by atoms with E-state index in [0.29, 0.717) is 5.57 Å². The third kappa shape index (κ3) is 19.9. The van der Waals surface area contributed by atoms with E-state index in [0.717, 1.165) is 34.3 Å². The van der Waals surface area contributed by atoms with Gasteiger partial charge in [0.25, 0.3) is 0 Å². The van der Waals surface area contributed by atoms with E-state index < -0.39 is 134 Å². The Balaban J connectivity index is 2.03. The van der Waals surface area contributed by atoms with Gasteiger partial charge in [0, 0.05) is 31.1 Å². The smallest absolute Gasteiger partial charge is 0.311 e. The molecule has 2 bridgehead atoms. The lowest BCUT2D eigenvalue weighted by molar-refractivity contribution is -0.311. The van der Waals surface area contributed by atoms with Gasteiger partial charge in [0.05, 0.1) is 67.5 Å². The van der Waals surface area contributed by atoms with Gasteiger partial charge in [-0.1, -0.05) is 105 Å². The highest BCUT2D eigenvalue weighted by Crippen LogP contribution is 2.39. The van der Waals surface area contributed by atoms with Crippen LogP contribution in [-0.4, -0.2) is 148 Å². The maximum absolute atomic E-state index is 12.9. The number of aliphatic hydroxyl groups excluding tert-OH is 8. The molecular formula is C56H92O16. The van der Waals surface area contributed by atoms with E-state index in [1.807, 2.05) is 60.6 Å². The molecule has 412 valence electrons. The highest BCUT2D eigenvalue weighted by Gasteiger charge is 2.51. The first-order chi connectivity index (χ1) is 33.4. The van der Waals surface area contributed by atoms with Gasteiger partial charge in [-0.25, -0.2) is 0 Å². The zero-order valence-electron chi connectivity index (χ0n) is 45.2. The Kier molecular flexibility index (Phi) is 25.2. The van der Waals surface area contributed by atoms with E-state index in [9.17, 15) is 60.7 Å². The number of aliphatic hydroxyl groups is 9. The van der Waals surface area contributed by atoms with E-state index in [4.69, 9.17) is 18.9 Å². The molecule has 0 saturated carbocycles. The molecule has 2 fully saturated rings. The van der Waals surface area contributed by atoms with Crippen molar-refractivity contribution >= 4 is 11.9 Å². The number of cyclic esters (lactones) is 1. The van der Waals surface area contributed by atoms with E-state index in [1.54, 1.807) is 33.8 Å². The first kappa shape index (κ1) is 63.2. The van der Waals surface area contributed by atoms with Crippen LogP contribution >= 0.6 is 0 Å². The molecule has 10 N–H and O–H groups in total. The van der Waals surface area contributed by atoms with Crippen LogP contribution in [-0.2, 0) is 28.5 Å². The summed E-state index contributed by atoms with van der Waals surface area (Å²) in [7, 11) is 0. The fourth-order valence-corrected chi connectivity index (χ4v) is 10.5. The van der Waals surface area contributed by atoms with Crippen LogP contribution < -0.4 is 0 Å². The van der Waals surface area contributed by atoms with Crippen LogP contribution in [0.1, 0.15) is 148 Å². The molecule has 72 heavy (non-hydrogen) atoms. The van der Waals surface area contributed by atoms with Crippen LogP contribution in [0.4, 0.5) is 0 Å². The second kappa shape index (κ2) is 28.7. The second-order valence-corrected chi connectivity index (χ2v) is 22.2. The van der Waals surface area contributed by atoms with Gasteiger partial charge in [-0.15, -0.1) is 0 Å². The Labute approximate surface area is 428 Å². The fraction of sp³-hybridized carbons (Fsp3) is 0.750. The number of esters is 1. The molecule has 20 atom stereocenters. The number of hydrogen-bond donors (Lipinski definition) is 10. The minimum absolute atomic E-state index is 0.100. The predicted octanol–water partition coefficient (Wildman–Crippen LogP) is 6.11. The van der Waals surface area contributed by atoms with Gasteiger partial charge in [-0.05, 0) is 105 Å². The number of carbonyl (C=O) groups is 2. The summed E-state index contributed by atoms with van der Waals surface area (Å²) < 4.78 is 24.0. The Morgan fingerprint density at radius 3 is 1.75 bits per heavy atom. The monoisotopic (exact) mass is 1020 g/mol. The number of carbonyl (C=O) groups excluding carboxylic acids is 1. The number of hydrogen-bond acceptors (Lipinski definition) is 15. The molecule has 0 aliphatic carbocycles. The number of aliphatic carboxylic acids is 1. The maximum atomic E-state index is 12.9. The number of carboxylic acids is 1. The molecular weight excluding hydrogens is 929 g/mol. The number of fused-ring (bicyclic) bond motifs is 2. The van der Waals surface area contributed by atoms with E-state index in [1.165, 1.54) is 0 Å². The quantitative estimate of drug-likeness (QED) is 0.143. The van der Waals surface area contributed by atoms with Crippen LogP contribution in [0.2, 0.25) is 0 Å². The molecule has 4 unspecified atom stereocenters. The Morgan fingerprint density at radius 2 is 1.17 bits per heavy atom. The van der Waals surface area contributed by atoms with Crippen LogP contribution in [0.5, 0.6) is 0 Å². The van der Waals surface area contributed by atoms with E-state index in [2.05, 4.69) is 32.1 Å². The van der Waals surface area contributed by atoms with E-state index in [-0.39, 0.29) is 50.4 Å². The van der Waals surface area contributed by atoms with E-state index >= 15 is 0 Å². The van der Waals surface area contributed by atoms with Gasteiger partial charge in [0.1, 0.15) is 18.1 Å². The molecule has 3 aliphatic rings. The van der Waals surface area contributed by atoms with Gasteiger partial charge in [0.2, 0.25) is 0 Å². The molecule has 0 aromatic heterocycles. The fourth-order valence-electron chi connectivity index (χ4n) is 10.5. The Morgan fingerprint density at radius 1 is 0.597 bits per heavy atom. The van der Waals surface area contributed by atoms with Crippen molar-refractivity contribution in [1.29, 1.82) is 0 Å². The molecule has 2 saturated heterocycles. The van der Waals surface area contributed by atoms with Crippen LogP contribution in [0.25, 0.3) is 0 Å². The van der Waals surface area contributed by atoms with Crippen molar-refractivity contribution in [3.63, 3.8) is 0 Å². The third-order valence-corrected chi connectivity index (χ3v) is 15.0. The van der Waals surface area contributed by atoms with Gasteiger partial charge in [-0.3, -0.25) is 9.59 Å². The first-order valence-electron chi connectivity index (χ1n) is 26.1. The van der Waals surface area contributed by atoms with Crippen molar-refractivity contribution in [3.8, 4) is 0 Å². The highest BCUT2D eigenvalue weighted by atomic mass is 16.7. The molecule has 3 aliphatic heterocycles. The summed E-state index contributed by atoms with van der Waals surface area (Å²) in [5, 5.41) is 110. The lowest BCUT2D eigenvalue weighted by Gasteiger charge is -2.45. The van der Waals surface area contributed by atoms with Crippen molar-refractivity contribution < 1.29 is 79.6 Å². The molecule has 0 spiro atoms. The summed E-state index contributed by atoms with van der Waals surface area (Å²) in [5.41, 5.74) is 5.73. The molecule has 0 aromatic rings. The standard InChI is InChI=1S/C56H92O16/c1-29-16-30(2)18-32(4)20-34(6)22-45(71-55-53(65)39(11)52(64)41(13)70-55)26-48-50(54(66)67)47(61)28-56(68,72-48)27-44(59)24-46(60)35(7)14-15-42(57)23-43(58)25-49(62)69-40(12)38(10)51(63)37(9)36(8)21-33(5)19-31(3)17-29/h16-20,22,35-48,50-53,55,57-61,63-65,68H,14-15,21,23-28H2,1-13H3,(H,66,67)/b29-16+,30-18+,31-17-,32-20+,33-19+,34-22+/t35-,36?,37-,38-,39-,40?,41+,42-,43-,44+,45+,46-,47?,48?,50-,51-,52+,53-,55-,56-/m1/s1. The van der Waals surface area contributed by atoms with Crippen LogP contribution in [0, 0.1) is 35.5 Å². The van der Waals surface area contributed by atoms with Gasteiger partial charge >= 0.3 is 11.9 Å². The largest absolute Gasteiger partial charge is 0.481 e. The molecule has 0 amide bonds. The zero-order valence-corrected chi connectivity index (χ0v) is 45.2. The van der Waals surface area contributed by atoms with Crippen LogP contribution in [0.3, 0.4) is 0 Å². The van der Waals surface area contributed by atoms with Crippen LogP contribution in [0.15, 0.2) is 69.9 Å². The Bertz CT molecular complexity index is 1940. The lowest BCUT2D eigenvalue weighted by Crippen LogP contribution is -2.57. The second-order valence-electron chi connectivity index (χ2n) is 22.2. The number of ether oxygens (including phenoxy) is 4. The molecule has 16 heteroatoms. The highest BCUT2D eigenvalue weighted by molar-refractivity contribution is 5.71. The topological polar surface area (TPSA) is 273 Å². The summed E-state index contributed by atoms with van der Waals surface area (Å²) in [5.74, 6) is -7.36. The normalized spacial score (nSPS) is 45.6. The predicted molar refractivity (Wildman–Crippen MR) is 274 cm³/mol. The summed E-state index contributed by atoms with van der Waals surface area (Å²) in [6, 6.07) is 0. The van der Waals surface area contributed by atoms with Gasteiger partial charge < -0.3 is 70.0 Å². The van der Waals surface area contributed by atoms with Gasteiger partial charge in [0.15, 0.2) is 12.1 Å². The minimum Gasteiger partial charge on any atom is -0.481 e. The summed E-state index contributed by atoms with van der Waals surface area (Å²) >= 11 is 0. The minimum atomic E-state index is -2.24. The van der Waals surface area contributed by atoms with Crippen molar-refractivity contribution in [2.75, 3.05) is 0 Å². The van der Waals surface area contributed by atoms with Crippen molar-refractivity contribution in [2.45, 2.75) is 233 Å². The maximum Gasteiger partial charge on any atom is 0.311 e. The molecule has 3 heterocycles. The summed E-state index contributed by atoms with van der Waals surface area (Å²) in [4.78, 5) is 25.6. The van der Waals surface area contributed by atoms with Crippen molar-refractivity contribution in [3.05, 3.63) is 69.9 Å². The number of carboxylic acid groups (broad SMARTS) is 1. The molecule has 0 aromatic carbocycles. The third-order valence-electron chi connectivity index (χ3n) is 15.0. The SMILES string of the molecule is CC1=C/C(C)=C/C(C)=C/C(C)=C/C(C)=C/[C@H](O[C@H]2O[C@@H](C)[C@@H](O)[C@@H](C)[C@H]2O)CC2O[C@@](O)(CC(O)[C@H]2C(=O)O)C[C@@H](O)C[C@@H](O)[C@H](C)CC[C@@H](O)C[C@@H](O)CC(=O)OC(C)[C@@H](C)[C@H](O)[C@H](C)C(C)C\C(C)=C\1. The summed E-state index contributed by atoms with van der Waals surface area (Å²) in [6.45, 7) is 24.5. The number of allylic oxidation sites excluding steroid dienone is 11.